The van der Waals surface area contributed by atoms with E-state index in [1.165, 1.54) is 0 Å². The Morgan fingerprint density at radius 3 is 2.54 bits per heavy atom. The number of nitrogens with one attached hydrogen (secondary N) is 2. The topological polar surface area (TPSA) is 87.7 Å². The molecule has 1 fully saturated rings. The largest absolute Gasteiger partial charge is 0.488 e. The fourth-order valence-electron chi connectivity index (χ4n) is 3.55. The summed E-state index contributed by atoms with van der Waals surface area (Å²) in [5, 5.41) is 5.26. The van der Waals surface area contributed by atoms with Crippen molar-refractivity contribution in [1.29, 1.82) is 0 Å². The predicted molar refractivity (Wildman–Crippen MR) is 138 cm³/mol. The fraction of sp³-hybridized carbons (Fsp3) is 0.148. The number of urea groups is 1. The van der Waals surface area contributed by atoms with Crippen molar-refractivity contribution in [3.63, 3.8) is 0 Å². The van der Waals surface area contributed by atoms with E-state index in [2.05, 4.69) is 26.6 Å². The van der Waals surface area contributed by atoms with Crippen LogP contribution >= 0.6 is 15.9 Å². The zero-order valence-corrected chi connectivity index (χ0v) is 20.9. The van der Waals surface area contributed by atoms with Gasteiger partial charge in [-0.05, 0) is 61.4 Å². The van der Waals surface area contributed by atoms with E-state index in [0.29, 0.717) is 23.6 Å². The van der Waals surface area contributed by atoms with Crippen molar-refractivity contribution in [3.8, 4) is 5.75 Å². The lowest BCUT2D eigenvalue weighted by molar-refractivity contribution is -0.127. The normalized spacial score (nSPS) is 14.3. The van der Waals surface area contributed by atoms with E-state index in [0.717, 1.165) is 26.1 Å². The Morgan fingerprint density at radius 2 is 1.80 bits per heavy atom. The first-order chi connectivity index (χ1) is 16.8. The van der Waals surface area contributed by atoms with Gasteiger partial charge in [0.2, 0.25) is 5.91 Å². The first kappa shape index (κ1) is 24.2. The van der Waals surface area contributed by atoms with Crippen LogP contribution in [0.4, 0.5) is 10.5 Å². The summed E-state index contributed by atoms with van der Waals surface area (Å²) in [6.07, 6.45) is 1.55. The standard InChI is InChI=1S/C27H24BrN3O4/c1-17-6-8-19(9-7-17)16-35-24-11-10-21(28)13-20(24)14-23-26(33)31(27(34)30-23)15-25(32)29-22-5-3-4-18(2)12-22/h3-14H,15-16H2,1-2H3,(H,29,32)(H,30,34)/b23-14+. The van der Waals surface area contributed by atoms with Crippen LogP contribution in [0.25, 0.3) is 6.08 Å². The number of rotatable bonds is 7. The van der Waals surface area contributed by atoms with Crippen LogP contribution in [-0.2, 0) is 16.2 Å². The summed E-state index contributed by atoms with van der Waals surface area (Å²) in [6, 6.07) is 20.1. The Bertz CT molecular complexity index is 1320. The van der Waals surface area contributed by atoms with Gasteiger partial charge in [-0.25, -0.2) is 9.69 Å². The second-order valence-corrected chi connectivity index (χ2v) is 9.17. The number of ether oxygens (including phenoxy) is 1. The summed E-state index contributed by atoms with van der Waals surface area (Å²) in [5.41, 5.74) is 4.43. The molecule has 0 atom stereocenters. The number of aryl methyl sites for hydroxylation is 2. The Kier molecular flexibility index (Phi) is 7.31. The zero-order valence-electron chi connectivity index (χ0n) is 19.3. The number of hydrogen-bond donors (Lipinski definition) is 2. The Hall–Kier alpha value is -3.91. The average molecular weight is 534 g/mol. The highest BCUT2D eigenvalue weighted by atomic mass is 79.9. The number of carbonyl (C=O) groups excluding carboxylic acids is 3. The maximum atomic E-state index is 12.9. The van der Waals surface area contributed by atoms with Gasteiger partial charge in [-0.1, -0.05) is 57.9 Å². The molecule has 4 rings (SSSR count). The summed E-state index contributed by atoms with van der Waals surface area (Å²) in [6.45, 7) is 3.88. The van der Waals surface area contributed by atoms with Crippen LogP contribution in [0.2, 0.25) is 0 Å². The second-order valence-electron chi connectivity index (χ2n) is 8.25. The molecule has 0 unspecified atom stereocenters. The van der Waals surface area contributed by atoms with E-state index >= 15 is 0 Å². The zero-order chi connectivity index (χ0) is 24.9. The molecule has 7 nitrogen and oxygen atoms in total. The fourth-order valence-corrected chi connectivity index (χ4v) is 3.93. The highest BCUT2D eigenvalue weighted by molar-refractivity contribution is 9.10. The van der Waals surface area contributed by atoms with Gasteiger partial charge in [0.1, 0.15) is 24.6 Å². The summed E-state index contributed by atoms with van der Waals surface area (Å²) in [4.78, 5) is 38.7. The Balaban J connectivity index is 1.48. The number of nitrogens with zero attached hydrogens (tertiary/aromatic N) is 1. The quantitative estimate of drug-likeness (QED) is 0.323. The molecule has 3 aromatic rings. The van der Waals surface area contributed by atoms with Crippen molar-refractivity contribution in [2.75, 3.05) is 11.9 Å². The number of carbonyl (C=O) groups is 3. The molecule has 0 saturated carbocycles. The van der Waals surface area contributed by atoms with Crippen LogP contribution in [0.1, 0.15) is 22.3 Å². The molecule has 1 heterocycles. The molecule has 0 radical (unpaired) electrons. The molecular weight excluding hydrogens is 510 g/mol. The lowest BCUT2D eigenvalue weighted by Crippen LogP contribution is -2.38. The van der Waals surface area contributed by atoms with Gasteiger partial charge in [0, 0.05) is 15.7 Å². The smallest absolute Gasteiger partial charge is 0.329 e. The molecule has 0 spiro atoms. The molecule has 0 aromatic heterocycles. The maximum Gasteiger partial charge on any atom is 0.329 e. The molecule has 4 amide bonds. The third-order valence-electron chi connectivity index (χ3n) is 5.35. The van der Waals surface area contributed by atoms with Crippen LogP contribution < -0.4 is 15.4 Å². The van der Waals surface area contributed by atoms with Gasteiger partial charge in [-0.3, -0.25) is 9.59 Å². The van der Waals surface area contributed by atoms with Gasteiger partial charge in [0.25, 0.3) is 5.91 Å². The van der Waals surface area contributed by atoms with Gasteiger partial charge in [-0.2, -0.15) is 0 Å². The van der Waals surface area contributed by atoms with E-state index in [9.17, 15) is 14.4 Å². The highest BCUT2D eigenvalue weighted by Crippen LogP contribution is 2.27. The van der Waals surface area contributed by atoms with E-state index in [1.54, 1.807) is 30.3 Å². The van der Waals surface area contributed by atoms with Crippen LogP contribution in [0.5, 0.6) is 5.75 Å². The van der Waals surface area contributed by atoms with Gasteiger partial charge < -0.3 is 15.4 Å². The summed E-state index contributed by atoms with van der Waals surface area (Å²) in [7, 11) is 0. The number of hydrogen-bond acceptors (Lipinski definition) is 4. The second kappa shape index (κ2) is 10.6. The number of amides is 4. The summed E-state index contributed by atoms with van der Waals surface area (Å²) in [5.74, 6) is -0.497. The Morgan fingerprint density at radius 1 is 1.03 bits per heavy atom. The van der Waals surface area contributed by atoms with E-state index in [1.807, 2.05) is 56.3 Å². The van der Waals surface area contributed by atoms with Crippen molar-refractivity contribution in [3.05, 3.63) is 99.2 Å². The molecule has 1 aliphatic heterocycles. The SMILES string of the molecule is Cc1ccc(COc2ccc(Br)cc2/C=C2/NC(=O)N(CC(=O)Nc3cccc(C)c3)C2=O)cc1. The molecule has 0 aliphatic carbocycles. The molecular formula is C27H24BrN3O4. The van der Waals surface area contributed by atoms with E-state index < -0.39 is 24.4 Å². The Labute approximate surface area is 211 Å². The first-order valence-electron chi connectivity index (χ1n) is 11.0. The number of imide groups is 1. The number of halogens is 1. The van der Waals surface area contributed by atoms with E-state index in [-0.39, 0.29) is 5.70 Å². The molecule has 0 bridgehead atoms. The van der Waals surface area contributed by atoms with Gasteiger partial charge in [-0.15, -0.1) is 0 Å². The van der Waals surface area contributed by atoms with Gasteiger partial charge in [0.05, 0.1) is 0 Å². The lowest BCUT2D eigenvalue weighted by atomic mass is 10.1. The van der Waals surface area contributed by atoms with Crippen LogP contribution in [0.15, 0.2) is 76.9 Å². The van der Waals surface area contributed by atoms with Crippen LogP contribution in [0, 0.1) is 13.8 Å². The summed E-state index contributed by atoms with van der Waals surface area (Å²) < 4.78 is 6.78. The third-order valence-corrected chi connectivity index (χ3v) is 5.85. The molecule has 1 saturated heterocycles. The van der Waals surface area contributed by atoms with Gasteiger partial charge in [0.15, 0.2) is 0 Å². The molecule has 2 N–H and O–H groups in total. The molecule has 35 heavy (non-hydrogen) atoms. The van der Waals surface area contributed by atoms with Crippen LogP contribution in [0.3, 0.4) is 0 Å². The monoisotopic (exact) mass is 533 g/mol. The molecule has 178 valence electrons. The van der Waals surface area contributed by atoms with E-state index in [4.69, 9.17) is 4.74 Å². The number of benzene rings is 3. The highest BCUT2D eigenvalue weighted by Gasteiger charge is 2.35. The van der Waals surface area contributed by atoms with Crippen molar-refractivity contribution >= 4 is 45.5 Å². The van der Waals surface area contributed by atoms with Crippen molar-refractivity contribution < 1.29 is 19.1 Å². The van der Waals surface area contributed by atoms with Crippen molar-refractivity contribution in [2.24, 2.45) is 0 Å². The molecule has 3 aromatic carbocycles. The average Bonchev–Trinajstić information content (AvgIpc) is 3.07. The molecule has 8 heteroatoms. The minimum atomic E-state index is -0.655. The van der Waals surface area contributed by atoms with Crippen LogP contribution in [-0.4, -0.2) is 29.3 Å². The summed E-state index contributed by atoms with van der Waals surface area (Å²) >= 11 is 3.44. The van der Waals surface area contributed by atoms with Crippen molar-refractivity contribution in [2.45, 2.75) is 20.5 Å². The maximum absolute atomic E-state index is 12.9. The number of anilines is 1. The third kappa shape index (κ3) is 6.16. The lowest BCUT2D eigenvalue weighted by Gasteiger charge is -2.12. The van der Waals surface area contributed by atoms with Crippen molar-refractivity contribution in [1.82, 2.24) is 10.2 Å². The first-order valence-corrected chi connectivity index (χ1v) is 11.8. The predicted octanol–water partition coefficient (Wildman–Crippen LogP) is 5.18. The molecule has 1 aliphatic rings. The van der Waals surface area contributed by atoms with Gasteiger partial charge >= 0.3 is 6.03 Å². The minimum Gasteiger partial charge on any atom is -0.488 e. The minimum absolute atomic E-state index is 0.0663.